The first-order chi connectivity index (χ1) is 13.9. The Hall–Kier alpha value is -2.30. The van der Waals surface area contributed by atoms with Crippen LogP contribution >= 0.6 is 0 Å². The number of carbonyl (C=O) groups is 2. The van der Waals surface area contributed by atoms with Gasteiger partial charge in [-0.1, -0.05) is 60.6 Å². The Balaban J connectivity index is 3.56. The first-order valence-corrected chi connectivity index (χ1v) is 10.7. The highest BCUT2D eigenvalue weighted by Gasteiger charge is 2.30. The lowest BCUT2D eigenvalue weighted by atomic mass is 9.76. The number of aliphatic hydroxyl groups is 1. The molecule has 5 nitrogen and oxygen atoms in total. The average Bonchev–Trinajstić information content (AvgIpc) is 2.71. The van der Waals surface area contributed by atoms with Crippen molar-refractivity contribution in [1.82, 2.24) is 0 Å². The molecule has 5 heteroatoms. The first-order valence-electron chi connectivity index (χ1n) is 10.7. The minimum atomic E-state index is -0.865. The number of ether oxygens (including phenoxy) is 2. The van der Waals surface area contributed by atoms with Gasteiger partial charge in [-0.3, -0.25) is 4.79 Å². The minimum Gasteiger partial charge on any atom is -0.507 e. The van der Waals surface area contributed by atoms with Crippen LogP contribution in [0.3, 0.4) is 0 Å². The molecule has 0 aliphatic heterocycles. The van der Waals surface area contributed by atoms with Crippen molar-refractivity contribution in [3.63, 3.8) is 0 Å². The fourth-order valence-corrected chi connectivity index (χ4v) is 3.15. The summed E-state index contributed by atoms with van der Waals surface area (Å²) in [7, 11) is 1.18. The number of Topliss-reactive ketones (excluding diaryl/α,β-unsaturated/α-hetero) is 1. The molecule has 0 fully saturated rings. The highest BCUT2D eigenvalue weighted by atomic mass is 16.5. The van der Waals surface area contributed by atoms with Crippen molar-refractivity contribution in [3.05, 3.63) is 40.7 Å². The van der Waals surface area contributed by atoms with Crippen LogP contribution in [-0.4, -0.2) is 30.1 Å². The summed E-state index contributed by atoms with van der Waals surface area (Å²) in [5, 5.41) is 10.7. The number of aliphatic hydroxyl groups excluding tert-OH is 1. The Labute approximate surface area is 181 Å². The highest BCUT2D eigenvalue weighted by Crippen LogP contribution is 2.39. The molecule has 1 aromatic carbocycles. The van der Waals surface area contributed by atoms with Crippen molar-refractivity contribution in [1.29, 1.82) is 0 Å². The molecular weight excluding hydrogens is 380 g/mol. The van der Waals surface area contributed by atoms with Gasteiger partial charge in [0.05, 0.1) is 7.11 Å². The van der Waals surface area contributed by atoms with Crippen LogP contribution in [0.25, 0.3) is 0 Å². The molecule has 168 valence electrons. The number of methoxy groups -OCH3 is 1. The van der Waals surface area contributed by atoms with Crippen LogP contribution in [0.15, 0.2) is 29.5 Å². The van der Waals surface area contributed by atoms with Crippen LogP contribution in [0.4, 0.5) is 0 Å². The summed E-state index contributed by atoms with van der Waals surface area (Å²) in [4.78, 5) is 24.0. The van der Waals surface area contributed by atoms with E-state index in [1.807, 2.05) is 19.1 Å². The number of benzene rings is 1. The highest BCUT2D eigenvalue weighted by molar-refractivity contribution is 6.16. The zero-order valence-electron chi connectivity index (χ0n) is 20.0. The smallest absolute Gasteiger partial charge is 0.345 e. The van der Waals surface area contributed by atoms with Crippen molar-refractivity contribution < 1.29 is 24.2 Å². The van der Waals surface area contributed by atoms with Crippen LogP contribution in [0, 0.1) is 0 Å². The molecule has 1 rings (SSSR count). The lowest BCUT2D eigenvalue weighted by molar-refractivity contribution is -0.138. The van der Waals surface area contributed by atoms with E-state index in [4.69, 9.17) is 4.74 Å². The van der Waals surface area contributed by atoms with E-state index < -0.39 is 23.6 Å². The SMILES string of the molecule is CCC(Oc1ccc(C(C)(C)CC)cc1C(C)(C)CC)C(O)=C(C(C)=O)C(=O)OC. The predicted octanol–water partition coefficient (Wildman–Crippen LogP) is 5.79. The summed E-state index contributed by atoms with van der Waals surface area (Å²) in [6.45, 7) is 16.1. The molecule has 0 amide bonds. The third-order valence-corrected chi connectivity index (χ3v) is 6.20. The monoisotopic (exact) mass is 418 g/mol. The quantitative estimate of drug-likeness (QED) is 0.171. The Morgan fingerprint density at radius 2 is 1.60 bits per heavy atom. The first kappa shape index (κ1) is 25.7. The van der Waals surface area contributed by atoms with Gasteiger partial charge in [0.1, 0.15) is 11.3 Å². The largest absolute Gasteiger partial charge is 0.507 e. The van der Waals surface area contributed by atoms with E-state index in [0.717, 1.165) is 18.4 Å². The molecular formula is C25H38O5. The molecule has 0 aromatic heterocycles. The second-order valence-electron chi connectivity index (χ2n) is 9.01. The molecule has 0 saturated heterocycles. The molecule has 0 aliphatic rings. The van der Waals surface area contributed by atoms with Crippen LogP contribution < -0.4 is 4.74 Å². The number of rotatable bonds is 10. The van der Waals surface area contributed by atoms with E-state index in [1.54, 1.807) is 0 Å². The molecule has 0 heterocycles. The molecule has 1 unspecified atom stereocenters. The number of ketones is 1. The minimum absolute atomic E-state index is 0.0238. The van der Waals surface area contributed by atoms with E-state index in [1.165, 1.54) is 19.6 Å². The maximum atomic E-state index is 12.0. The second-order valence-corrected chi connectivity index (χ2v) is 9.01. The van der Waals surface area contributed by atoms with Crippen molar-refractivity contribution in [3.8, 4) is 5.75 Å². The molecule has 0 radical (unpaired) electrons. The van der Waals surface area contributed by atoms with Crippen LogP contribution in [0.2, 0.25) is 0 Å². The fraction of sp³-hybridized carbons (Fsp3) is 0.600. The summed E-state index contributed by atoms with van der Waals surface area (Å²) in [5.74, 6) is -1.18. The van der Waals surface area contributed by atoms with Gasteiger partial charge in [0.2, 0.25) is 0 Å². The summed E-state index contributed by atoms with van der Waals surface area (Å²) < 4.78 is 10.9. The summed E-state index contributed by atoms with van der Waals surface area (Å²) in [5.41, 5.74) is 1.76. The van der Waals surface area contributed by atoms with E-state index in [-0.39, 0.29) is 16.4 Å². The summed E-state index contributed by atoms with van der Waals surface area (Å²) in [6.07, 6.45) is 1.45. The molecule has 0 spiro atoms. The van der Waals surface area contributed by atoms with Gasteiger partial charge in [-0.05, 0) is 48.6 Å². The van der Waals surface area contributed by atoms with Crippen LogP contribution in [-0.2, 0) is 25.2 Å². The fourth-order valence-electron chi connectivity index (χ4n) is 3.15. The average molecular weight is 419 g/mol. The van der Waals surface area contributed by atoms with Crippen molar-refractivity contribution in [2.24, 2.45) is 0 Å². The van der Waals surface area contributed by atoms with Gasteiger partial charge >= 0.3 is 5.97 Å². The lowest BCUT2D eigenvalue weighted by Crippen LogP contribution is -2.27. The van der Waals surface area contributed by atoms with Gasteiger partial charge in [0, 0.05) is 5.56 Å². The molecule has 0 bridgehead atoms. The van der Waals surface area contributed by atoms with E-state index in [2.05, 4.69) is 52.3 Å². The van der Waals surface area contributed by atoms with Crippen molar-refractivity contribution in [2.45, 2.75) is 91.6 Å². The Bertz CT molecular complexity index is 802. The maximum Gasteiger partial charge on any atom is 0.345 e. The number of carbonyl (C=O) groups excluding carboxylic acids is 2. The number of hydrogen-bond donors (Lipinski definition) is 1. The molecule has 0 aliphatic carbocycles. The third kappa shape index (κ3) is 5.65. The Morgan fingerprint density at radius 3 is 2.03 bits per heavy atom. The van der Waals surface area contributed by atoms with Crippen molar-refractivity contribution >= 4 is 11.8 Å². The number of hydrogen-bond acceptors (Lipinski definition) is 5. The zero-order valence-corrected chi connectivity index (χ0v) is 20.0. The molecule has 30 heavy (non-hydrogen) atoms. The molecule has 1 N–H and O–H groups in total. The van der Waals surface area contributed by atoms with Crippen LogP contribution in [0.1, 0.15) is 85.8 Å². The van der Waals surface area contributed by atoms with Gasteiger partial charge in [0.25, 0.3) is 0 Å². The predicted molar refractivity (Wildman–Crippen MR) is 120 cm³/mol. The zero-order chi connectivity index (χ0) is 23.3. The Kier molecular flexibility index (Phi) is 8.70. The molecule has 1 atom stereocenters. The van der Waals surface area contributed by atoms with Gasteiger partial charge in [-0.2, -0.15) is 0 Å². The standard InChI is InChI=1S/C25H38O5/c1-10-19(22(27)21(16(4)26)23(28)29-9)30-20-14-13-17(24(5,6)11-2)15-18(20)25(7,8)12-3/h13-15,19,27H,10-12H2,1-9H3. The summed E-state index contributed by atoms with van der Waals surface area (Å²) >= 11 is 0. The Morgan fingerprint density at radius 1 is 1.03 bits per heavy atom. The normalized spacial score (nSPS) is 14.0. The lowest BCUT2D eigenvalue weighted by Gasteiger charge is -2.31. The van der Waals surface area contributed by atoms with E-state index in [9.17, 15) is 14.7 Å². The summed E-state index contributed by atoms with van der Waals surface area (Å²) in [6, 6.07) is 6.16. The topological polar surface area (TPSA) is 72.8 Å². The molecule has 0 saturated carbocycles. The van der Waals surface area contributed by atoms with E-state index in [0.29, 0.717) is 12.2 Å². The van der Waals surface area contributed by atoms with Gasteiger partial charge in [-0.15, -0.1) is 0 Å². The third-order valence-electron chi connectivity index (χ3n) is 6.20. The van der Waals surface area contributed by atoms with Gasteiger partial charge in [-0.25, -0.2) is 4.79 Å². The van der Waals surface area contributed by atoms with Gasteiger partial charge < -0.3 is 14.6 Å². The second kappa shape index (κ2) is 10.1. The van der Waals surface area contributed by atoms with E-state index >= 15 is 0 Å². The molecule has 1 aromatic rings. The van der Waals surface area contributed by atoms with Crippen molar-refractivity contribution in [2.75, 3.05) is 7.11 Å². The van der Waals surface area contributed by atoms with Crippen LogP contribution in [0.5, 0.6) is 5.75 Å². The van der Waals surface area contributed by atoms with Gasteiger partial charge in [0.15, 0.2) is 17.6 Å². The number of esters is 1. The maximum absolute atomic E-state index is 12.0.